The summed E-state index contributed by atoms with van der Waals surface area (Å²) in [6.45, 7) is 2.51. The first-order valence-corrected chi connectivity index (χ1v) is 10.6. The summed E-state index contributed by atoms with van der Waals surface area (Å²) >= 11 is 0. The summed E-state index contributed by atoms with van der Waals surface area (Å²) in [5.41, 5.74) is 2.17. The van der Waals surface area contributed by atoms with Gasteiger partial charge in [-0.05, 0) is 54.9 Å². The molecule has 1 aliphatic rings. The Morgan fingerprint density at radius 1 is 1.16 bits per heavy atom. The van der Waals surface area contributed by atoms with E-state index in [0.29, 0.717) is 12.5 Å². The van der Waals surface area contributed by atoms with E-state index in [0.717, 1.165) is 29.7 Å². The summed E-state index contributed by atoms with van der Waals surface area (Å²) in [5, 5.41) is 0. The quantitative estimate of drug-likeness (QED) is 0.641. The molecule has 2 aromatic rings. The van der Waals surface area contributed by atoms with Crippen LogP contribution in [0.4, 0.5) is 0 Å². The smallest absolute Gasteiger partial charge is 0.328 e. The SMILES string of the molecule is CCOP(=O)(O)CC(c1cccc(OCc2ccccc2)c1)C1CC1. The van der Waals surface area contributed by atoms with Gasteiger partial charge < -0.3 is 14.2 Å². The molecule has 5 heteroatoms. The van der Waals surface area contributed by atoms with Crippen LogP contribution in [-0.2, 0) is 15.7 Å². The lowest BCUT2D eigenvalue weighted by atomic mass is 9.96. The molecule has 1 saturated carbocycles. The van der Waals surface area contributed by atoms with Crippen molar-refractivity contribution in [3.05, 3.63) is 65.7 Å². The Balaban J connectivity index is 1.71. The molecular weight excluding hydrogens is 335 g/mol. The molecule has 0 aliphatic heterocycles. The molecular formula is C20H25O4P. The Morgan fingerprint density at radius 3 is 2.60 bits per heavy atom. The molecule has 0 spiro atoms. The molecule has 0 aromatic heterocycles. The van der Waals surface area contributed by atoms with Crippen molar-refractivity contribution in [2.45, 2.75) is 32.3 Å². The van der Waals surface area contributed by atoms with Crippen LogP contribution in [-0.4, -0.2) is 17.7 Å². The van der Waals surface area contributed by atoms with Crippen LogP contribution in [0, 0.1) is 5.92 Å². The van der Waals surface area contributed by atoms with Crippen LogP contribution < -0.4 is 4.74 Å². The Hall–Kier alpha value is -1.61. The average Bonchev–Trinajstić information content (AvgIpc) is 3.44. The van der Waals surface area contributed by atoms with E-state index in [1.807, 2.05) is 54.6 Å². The second-order valence-electron chi connectivity index (χ2n) is 6.53. The van der Waals surface area contributed by atoms with Crippen LogP contribution in [0.5, 0.6) is 5.75 Å². The molecule has 1 N–H and O–H groups in total. The topological polar surface area (TPSA) is 55.8 Å². The van der Waals surface area contributed by atoms with E-state index in [1.165, 1.54) is 0 Å². The average molecular weight is 360 g/mol. The first-order valence-electron chi connectivity index (χ1n) is 8.80. The van der Waals surface area contributed by atoms with Gasteiger partial charge in [0.25, 0.3) is 0 Å². The fourth-order valence-electron chi connectivity index (χ4n) is 3.10. The maximum absolute atomic E-state index is 12.2. The molecule has 2 atom stereocenters. The largest absolute Gasteiger partial charge is 0.489 e. The lowest BCUT2D eigenvalue weighted by Gasteiger charge is -2.21. The molecule has 0 heterocycles. The molecule has 134 valence electrons. The van der Waals surface area contributed by atoms with Gasteiger partial charge >= 0.3 is 7.60 Å². The van der Waals surface area contributed by atoms with Gasteiger partial charge in [0.05, 0.1) is 12.8 Å². The van der Waals surface area contributed by atoms with Crippen molar-refractivity contribution in [3.8, 4) is 5.75 Å². The molecule has 2 unspecified atom stereocenters. The number of hydrogen-bond donors (Lipinski definition) is 1. The van der Waals surface area contributed by atoms with Crippen molar-refractivity contribution in [2.75, 3.05) is 12.8 Å². The van der Waals surface area contributed by atoms with Gasteiger partial charge in [-0.1, -0.05) is 42.5 Å². The van der Waals surface area contributed by atoms with E-state index in [4.69, 9.17) is 9.26 Å². The molecule has 0 radical (unpaired) electrons. The van der Waals surface area contributed by atoms with E-state index in [1.54, 1.807) is 6.92 Å². The van der Waals surface area contributed by atoms with Crippen LogP contribution in [0.3, 0.4) is 0 Å². The highest BCUT2D eigenvalue weighted by atomic mass is 31.2. The van der Waals surface area contributed by atoms with Crippen molar-refractivity contribution in [2.24, 2.45) is 5.92 Å². The Bertz CT molecular complexity index is 727. The van der Waals surface area contributed by atoms with Crippen molar-refractivity contribution in [1.82, 2.24) is 0 Å². The second-order valence-corrected chi connectivity index (χ2v) is 8.43. The second kappa shape index (κ2) is 8.18. The van der Waals surface area contributed by atoms with Gasteiger partial charge in [0, 0.05) is 0 Å². The van der Waals surface area contributed by atoms with Crippen molar-refractivity contribution in [3.63, 3.8) is 0 Å². The summed E-state index contributed by atoms with van der Waals surface area (Å²) in [7, 11) is -3.55. The summed E-state index contributed by atoms with van der Waals surface area (Å²) in [4.78, 5) is 10.0. The van der Waals surface area contributed by atoms with E-state index < -0.39 is 7.60 Å². The highest BCUT2D eigenvalue weighted by Crippen LogP contribution is 2.53. The standard InChI is InChI=1S/C20H25O4P/c1-2-24-25(21,22)15-20(17-11-12-17)18-9-6-10-19(13-18)23-14-16-7-4-3-5-8-16/h3-10,13,17,20H,2,11-12,14-15H2,1H3,(H,21,22). The van der Waals surface area contributed by atoms with Gasteiger partial charge in [0.2, 0.25) is 0 Å². The third-order valence-electron chi connectivity index (χ3n) is 4.48. The molecule has 0 saturated heterocycles. The minimum atomic E-state index is -3.55. The minimum Gasteiger partial charge on any atom is -0.489 e. The van der Waals surface area contributed by atoms with E-state index in [9.17, 15) is 9.46 Å². The first kappa shape index (κ1) is 18.2. The lowest BCUT2D eigenvalue weighted by molar-refractivity contribution is 0.270. The number of hydrogen-bond acceptors (Lipinski definition) is 3. The van der Waals surface area contributed by atoms with Gasteiger partial charge in [-0.15, -0.1) is 0 Å². The van der Waals surface area contributed by atoms with Crippen molar-refractivity contribution >= 4 is 7.60 Å². The van der Waals surface area contributed by atoms with Gasteiger partial charge in [0.1, 0.15) is 12.4 Å². The fraction of sp³-hybridized carbons (Fsp3) is 0.400. The van der Waals surface area contributed by atoms with Crippen LogP contribution in [0.2, 0.25) is 0 Å². The Kier molecular flexibility index (Phi) is 5.95. The molecule has 4 nitrogen and oxygen atoms in total. The summed E-state index contributed by atoms with van der Waals surface area (Å²) in [6, 6.07) is 17.9. The lowest BCUT2D eigenvalue weighted by Crippen LogP contribution is -2.09. The highest BCUT2D eigenvalue weighted by Gasteiger charge is 2.37. The van der Waals surface area contributed by atoms with Crippen molar-refractivity contribution < 1.29 is 18.7 Å². The zero-order valence-corrected chi connectivity index (χ0v) is 15.4. The predicted molar refractivity (Wildman–Crippen MR) is 99.0 cm³/mol. The maximum atomic E-state index is 12.2. The fourth-order valence-corrected chi connectivity index (χ4v) is 4.62. The van der Waals surface area contributed by atoms with Crippen LogP contribution >= 0.6 is 7.60 Å². The van der Waals surface area contributed by atoms with Gasteiger partial charge in [-0.25, -0.2) is 0 Å². The Labute approximate surface area is 149 Å². The monoisotopic (exact) mass is 360 g/mol. The normalized spacial score (nSPS) is 17.7. The molecule has 0 amide bonds. The zero-order valence-electron chi connectivity index (χ0n) is 14.5. The highest BCUT2D eigenvalue weighted by molar-refractivity contribution is 7.52. The first-order chi connectivity index (χ1) is 12.1. The summed E-state index contributed by atoms with van der Waals surface area (Å²) in [6.07, 6.45) is 2.38. The summed E-state index contributed by atoms with van der Waals surface area (Å²) in [5.74, 6) is 1.30. The van der Waals surface area contributed by atoms with E-state index in [-0.39, 0.29) is 18.7 Å². The zero-order chi connectivity index (χ0) is 17.7. The number of rotatable bonds is 9. The molecule has 25 heavy (non-hydrogen) atoms. The van der Waals surface area contributed by atoms with Crippen LogP contribution in [0.1, 0.15) is 36.8 Å². The molecule has 1 aliphatic carbocycles. The van der Waals surface area contributed by atoms with Gasteiger partial charge in [-0.2, -0.15) is 0 Å². The molecule has 0 bridgehead atoms. The third kappa shape index (κ3) is 5.43. The molecule has 2 aromatic carbocycles. The molecule has 1 fully saturated rings. The number of benzene rings is 2. The minimum absolute atomic E-state index is 0.0441. The number of ether oxygens (including phenoxy) is 1. The molecule has 3 rings (SSSR count). The Morgan fingerprint density at radius 2 is 1.92 bits per heavy atom. The third-order valence-corrected chi connectivity index (χ3v) is 6.00. The predicted octanol–water partition coefficient (Wildman–Crippen LogP) is 4.98. The summed E-state index contributed by atoms with van der Waals surface area (Å²) < 4.78 is 23.2. The van der Waals surface area contributed by atoms with E-state index >= 15 is 0 Å². The van der Waals surface area contributed by atoms with Gasteiger partial charge in [0.15, 0.2) is 0 Å². The van der Waals surface area contributed by atoms with Crippen molar-refractivity contribution in [1.29, 1.82) is 0 Å². The van der Waals surface area contributed by atoms with Gasteiger partial charge in [-0.3, -0.25) is 4.57 Å². The van der Waals surface area contributed by atoms with Crippen LogP contribution in [0.25, 0.3) is 0 Å². The maximum Gasteiger partial charge on any atom is 0.328 e. The van der Waals surface area contributed by atoms with Crippen LogP contribution in [0.15, 0.2) is 54.6 Å². The van der Waals surface area contributed by atoms with E-state index in [2.05, 4.69) is 0 Å².